The number of aromatic nitrogens is 1. The summed E-state index contributed by atoms with van der Waals surface area (Å²) in [6.07, 6.45) is 2.18. The fourth-order valence-electron chi connectivity index (χ4n) is 7.08. The van der Waals surface area contributed by atoms with Crippen molar-refractivity contribution in [1.29, 1.82) is 5.26 Å². The molecular formula is C44H45ClN4O6. The Labute approximate surface area is 326 Å². The summed E-state index contributed by atoms with van der Waals surface area (Å²) in [5.41, 5.74) is 10.9. The van der Waals surface area contributed by atoms with E-state index in [9.17, 15) is 20.3 Å². The molecule has 1 aliphatic heterocycles. The van der Waals surface area contributed by atoms with Crippen molar-refractivity contribution in [2.75, 3.05) is 19.6 Å². The Morgan fingerprint density at radius 1 is 0.964 bits per heavy atom. The molecule has 2 heterocycles. The van der Waals surface area contributed by atoms with Crippen molar-refractivity contribution >= 4 is 17.6 Å². The van der Waals surface area contributed by atoms with Crippen LogP contribution in [0.3, 0.4) is 0 Å². The van der Waals surface area contributed by atoms with Gasteiger partial charge in [-0.3, -0.25) is 14.7 Å². The Balaban J connectivity index is 1.25. The van der Waals surface area contributed by atoms with Gasteiger partial charge in [0, 0.05) is 62.3 Å². The molecule has 0 unspecified atom stereocenters. The maximum Gasteiger partial charge on any atom is 0.306 e. The highest BCUT2D eigenvalue weighted by molar-refractivity contribution is 6.32. The molecule has 4 aromatic carbocycles. The summed E-state index contributed by atoms with van der Waals surface area (Å²) < 4.78 is 12.6. The van der Waals surface area contributed by atoms with Gasteiger partial charge in [0.05, 0.1) is 29.2 Å². The van der Waals surface area contributed by atoms with Crippen LogP contribution in [-0.2, 0) is 31.1 Å². The van der Waals surface area contributed by atoms with Crippen LogP contribution in [0.15, 0.2) is 91.3 Å². The van der Waals surface area contributed by atoms with Gasteiger partial charge in [0.2, 0.25) is 0 Å². The second kappa shape index (κ2) is 18.4. The monoisotopic (exact) mass is 760 g/mol. The number of carbonyl (C=O) groups is 1. The number of halogens is 1. The van der Waals surface area contributed by atoms with Crippen molar-refractivity contribution in [2.45, 2.75) is 65.2 Å². The van der Waals surface area contributed by atoms with Crippen LogP contribution in [0.5, 0.6) is 11.5 Å². The van der Waals surface area contributed by atoms with Crippen LogP contribution in [0.4, 0.5) is 0 Å². The van der Waals surface area contributed by atoms with Crippen molar-refractivity contribution in [3.63, 3.8) is 0 Å². The number of pyridine rings is 1. The number of nitrogens with one attached hydrogen (secondary N) is 1. The van der Waals surface area contributed by atoms with Gasteiger partial charge in [0.1, 0.15) is 30.8 Å². The molecule has 0 amide bonds. The summed E-state index contributed by atoms with van der Waals surface area (Å²) in [7, 11) is 0. The molecule has 5 aromatic rings. The van der Waals surface area contributed by atoms with E-state index in [1.54, 1.807) is 24.4 Å². The number of rotatable bonds is 16. The van der Waals surface area contributed by atoms with Gasteiger partial charge in [-0.15, -0.1) is 0 Å². The normalized spacial score (nSPS) is 14.7. The minimum Gasteiger partial charge on any atom is -0.488 e. The summed E-state index contributed by atoms with van der Waals surface area (Å²) in [5, 5.41) is 42.0. The van der Waals surface area contributed by atoms with Gasteiger partial charge in [-0.25, -0.2) is 0 Å². The summed E-state index contributed by atoms with van der Waals surface area (Å²) >= 11 is 6.78. The number of aliphatic carboxylic acids is 1. The first-order valence-corrected chi connectivity index (χ1v) is 18.7. The fourth-order valence-corrected chi connectivity index (χ4v) is 7.32. The van der Waals surface area contributed by atoms with E-state index in [-0.39, 0.29) is 38.8 Å². The van der Waals surface area contributed by atoms with Crippen LogP contribution >= 0.6 is 11.6 Å². The summed E-state index contributed by atoms with van der Waals surface area (Å²) in [5.74, 6) is -0.198. The first-order chi connectivity index (χ1) is 26.6. The van der Waals surface area contributed by atoms with Crippen molar-refractivity contribution in [2.24, 2.45) is 0 Å². The first-order valence-electron chi connectivity index (χ1n) is 18.3. The average molecular weight is 761 g/mol. The van der Waals surface area contributed by atoms with E-state index in [4.69, 9.17) is 26.2 Å². The number of hydrogen-bond acceptors (Lipinski definition) is 9. The highest BCUT2D eigenvalue weighted by atomic mass is 35.5. The smallest absolute Gasteiger partial charge is 0.306 e. The Kier molecular flexibility index (Phi) is 13.2. The molecule has 0 spiro atoms. The minimum absolute atomic E-state index is 0.0585. The highest BCUT2D eigenvalue weighted by Crippen LogP contribution is 2.39. The lowest BCUT2D eigenvalue weighted by Gasteiger charge is -2.22. The van der Waals surface area contributed by atoms with E-state index in [1.807, 2.05) is 18.2 Å². The molecule has 2 atom stereocenters. The molecule has 1 aliphatic rings. The predicted molar refractivity (Wildman–Crippen MR) is 212 cm³/mol. The lowest BCUT2D eigenvalue weighted by molar-refractivity contribution is -0.139. The number of hydrogen-bond donors (Lipinski definition) is 4. The maximum absolute atomic E-state index is 11.0. The Morgan fingerprint density at radius 3 is 2.49 bits per heavy atom. The zero-order valence-electron chi connectivity index (χ0n) is 31.0. The SMILES string of the molecule is Cc1c(COc2cc(OCc3cncc(C#N)c3)c(CNC[C@@H](O)CC(=O)O)cc2Cl)cccc1-c1ccc(CN2CC[C@H](O)C2)c(-c2ccccc2)c1C. The summed E-state index contributed by atoms with van der Waals surface area (Å²) in [6, 6.07) is 28.3. The molecular weight excluding hydrogens is 716 g/mol. The van der Waals surface area contributed by atoms with E-state index in [0.29, 0.717) is 39.8 Å². The third kappa shape index (κ3) is 10.1. The average Bonchev–Trinajstić information content (AvgIpc) is 3.59. The van der Waals surface area contributed by atoms with E-state index in [1.165, 1.54) is 22.9 Å². The van der Waals surface area contributed by atoms with Crippen LogP contribution < -0.4 is 14.8 Å². The third-order valence-electron chi connectivity index (χ3n) is 9.91. The minimum atomic E-state index is -1.09. The number of ether oxygens (including phenoxy) is 2. The molecule has 0 bridgehead atoms. The van der Waals surface area contributed by atoms with Gasteiger partial charge < -0.3 is 30.1 Å². The third-order valence-corrected chi connectivity index (χ3v) is 10.2. The van der Waals surface area contributed by atoms with E-state index in [0.717, 1.165) is 47.3 Å². The summed E-state index contributed by atoms with van der Waals surface area (Å²) in [6.45, 7) is 7.28. The molecule has 6 rings (SSSR count). The molecule has 4 N–H and O–H groups in total. The van der Waals surface area contributed by atoms with Gasteiger partial charge in [-0.05, 0) is 76.9 Å². The zero-order chi connectivity index (χ0) is 38.9. The Morgan fingerprint density at radius 2 is 1.75 bits per heavy atom. The van der Waals surface area contributed by atoms with Crippen LogP contribution in [0.1, 0.15) is 51.8 Å². The van der Waals surface area contributed by atoms with Crippen molar-refractivity contribution in [3.8, 4) is 39.8 Å². The molecule has 284 valence electrons. The number of aliphatic hydroxyl groups is 2. The fraction of sp³-hybridized carbons (Fsp3) is 0.295. The van der Waals surface area contributed by atoms with E-state index in [2.05, 4.69) is 77.6 Å². The molecule has 1 aromatic heterocycles. The van der Waals surface area contributed by atoms with Crippen LogP contribution in [0, 0.1) is 25.2 Å². The number of carboxylic acids is 1. The van der Waals surface area contributed by atoms with E-state index < -0.39 is 12.1 Å². The van der Waals surface area contributed by atoms with Gasteiger partial charge in [-0.2, -0.15) is 5.26 Å². The largest absolute Gasteiger partial charge is 0.488 e. The molecule has 0 aliphatic carbocycles. The van der Waals surface area contributed by atoms with Gasteiger partial charge in [0.25, 0.3) is 0 Å². The molecule has 1 fully saturated rings. The molecule has 1 saturated heterocycles. The number of aliphatic hydroxyl groups excluding tert-OH is 2. The van der Waals surface area contributed by atoms with Crippen LogP contribution in [0.25, 0.3) is 22.3 Å². The van der Waals surface area contributed by atoms with Crippen molar-refractivity contribution in [3.05, 3.63) is 135 Å². The number of β-amino-alcohol motifs (C(OH)–C–C–N with tert-alkyl or cyclic N) is 1. The maximum atomic E-state index is 11.0. The van der Waals surface area contributed by atoms with Gasteiger partial charge in [0.15, 0.2) is 0 Å². The molecule has 0 saturated carbocycles. The quantitative estimate of drug-likeness (QED) is 0.0814. The zero-order valence-corrected chi connectivity index (χ0v) is 31.7. The topological polar surface area (TPSA) is 148 Å². The molecule has 11 heteroatoms. The van der Waals surface area contributed by atoms with Gasteiger partial charge >= 0.3 is 5.97 Å². The van der Waals surface area contributed by atoms with Crippen LogP contribution in [0.2, 0.25) is 5.02 Å². The number of likely N-dealkylation sites (tertiary alicyclic amines) is 1. The highest BCUT2D eigenvalue weighted by Gasteiger charge is 2.23. The van der Waals surface area contributed by atoms with Crippen molar-refractivity contribution in [1.82, 2.24) is 15.2 Å². The Bertz CT molecular complexity index is 2170. The molecule has 0 radical (unpaired) electrons. The van der Waals surface area contributed by atoms with E-state index >= 15 is 0 Å². The number of carboxylic acid groups (broad SMARTS) is 1. The molecule has 10 nitrogen and oxygen atoms in total. The van der Waals surface area contributed by atoms with Crippen LogP contribution in [-0.4, -0.2) is 63.0 Å². The number of benzene rings is 4. The van der Waals surface area contributed by atoms with Crippen molar-refractivity contribution < 1.29 is 29.6 Å². The lowest BCUT2D eigenvalue weighted by atomic mass is 9.86. The second-order valence-electron chi connectivity index (χ2n) is 13.9. The Hall–Kier alpha value is -5.28. The predicted octanol–water partition coefficient (Wildman–Crippen LogP) is 7.21. The number of nitriles is 1. The number of nitrogens with zero attached hydrogens (tertiary/aromatic N) is 3. The van der Waals surface area contributed by atoms with Gasteiger partial charge in [-0.1, -0.05) is 72.3 Å². The first kappa shape index (κ1) is 39.4. The lowest BCUT2D eigenvalue weighted by Crippen LogP contribution is -2.28. The molecule has 55 heavy (non-hydrogen) atoms. The standard InChI is InChI=1S/C44H45ClN4O6/c1-28-34(9-6-10-38(28)39-12-11-33(24-49-14-13-36(50)25-49)44(29(39)2)32-7-4-3-5-8-32)27-55-42-18-41(54-26-31-15-30(19-46)20-47-21-31)35(16-40(42)45)22-48-23-37(51)17-43(52)53/h3-12,15-16,18,20-21,36-37,48,50-51H,13-14,17,22-27H2,1-2H3,(H,52,53)/t36-,37-/m0/s1. The second-order valence-corrected chi connectivity index (χ2v) is 14.4. The summed E-state index contributed by atoms with van der Waals surface area (Å²) in [4.78, 5) is 17.4.